The summed E-state index contributed by atoms with van der Waals surface area (Å²) in [6, 6.07) is 17.3. The quantitative estimate of drug-likeness (QED) is 0.732. The van der Waals surface area contributed by atoms with Crippen molar-refractivity contribution in [3.63, 3.8) is 0 Å². The molecule has 1 aliphatic heterocycles. The van der Waals surface area contributed by atoms with E-state index in [2.05, 4.69) is 50.5 Å². The minimum absolute atomic E-state index is 0.247. The monoisotopic (exact) mass is 362 g/mol. The first-order valence-corrected chi connectivity index (χ1v) is 9.37. The Morgan fingerprint density at radius 3 is 2.44 bits per heavy atom. The number of nitrogens with one attached hydrogen (secondary N) is 1. The molecule has 1 aromatic heterocycles. The highest BCUT2D eigenvalue weighted by atomic mass is 19.1. The number of hydrogen-bond donors (Lipinski definition) is 1. The van der Waals surface area contributed by atoms with Crippen molar-refractivity contribution >= 4 is 5.82 Å². The maximum Gasteiger partial charge on any atom is 0.145 e. The van der Waals surface area contributed by atoms with Crippen LogP contribution in [0.4, 0.5) is 10.2 Å². The topological polar surface area (TPSA) is 41.1 Å². The second-order valence-corrected chi connectivity index (χ2v) is 6.98. The van der Waals surface area contributed by atoms with Gasteiger partial charge in [0.1, 0.15) is 11.6 Å². The van der Waals surface area contributed by atoms with E-state index >= 15 is 0 Å². The minimum atomic E-state index is -0.247. The van der Waals surface area contributed by atoms with Crippen LogP contribution < -0.4 is 5.32 Å². The van der Waals surface area contributed by atoms with Crippen molar-refractivity contribution in [1.29, 1.82) is 0 Å². The summed E-state index contributed by atoms with van der Waals surface area (Å²) < 4.78 is 13.1. The summed E-state index contributed by atoms with van der Waals surface area (Å²) in [5, 5.41) is 3.51. The van der Waals surface area contributed by atoms with Crippen LogP contribution in [0.3, 0.4) is 0 Å². The van der Waals surface area contributed by atoms with E-state index in [9.17, 15) is 4.39 Å². The normalized spacial score (nSPS) is 15.6. The molecule has 4 rings (SSSR count). The van der Waals surface area contributed by atoms with E-state index in [0.717, 1.165) is 49.6 Å². The summed E-state index contributed by atoms with van der Waals surface area (Å²) in [5.74, 6) is 0.529. The summed E-state index contributed by atoms with van der Waals surface area (Å²) in [7, 11) is 0. The van der Waals surface area contributed by atoms with Gasteiger partial charge in [0.2, 0.25) is 0 Å². The van der Waals surface area contributed by atoms with E-state index in [0.29, 0.717) is 6.04 Å². The largest absolute Gasteiger partial charge is 0.366 e. The van der Waals surface area contributed by atoms with Gasteiger partial charge in [-0.3, -0.25) is 9.88 Å². The number of aromatic nitrogens is 2. The molecule has 5 heteroatoms. The molecule has 1 N–H and O–H groups in total. The molecule has 0 atom stereocenters. The Kier molecular flexibility index (Phi) is 5.39. The summed E-state index contributed by atoms with van der Waals surface area (Å²) in [5.41, 5.74) is 2.98. The summed E-state index contributed by atoms with van der Waals surface area (Å²) in [4.78, 5) is 11.4. The second kappa shape index (κ2) is 8.27. The SMILES string of the molecule is Fc1ccc(-c2cncc(NC3CCN(Cc4ccccc4)CC3)n2)cc1. The Morgan fingerprint density at radius 2 is 1.70 bits per heavy atom. The van der Waals surface area contributed by atoms with E-state index < -0.39 is 0 Å². The number of anilines is 1. The van der Waals surface area contributed by atoms with Gasteiger partial charge in [-0.1, -0.05) is 30.3 Å². The van der Waals surface area contributed by atoms with Gasteiger partial charge in [0.05, 0.1) is 18.1 Å². The van der Waals surface area contributed by atoms with Crippen LogP contribution in [0.5, 0.6) is 0 Å². The first-order chi connectivity index (χ1) is 13.3. The molecule has 0 amide bonds. The molecular weight excluding hydrogens is 339 g/mol. The highest BCUT2D eigenvalue weighted by Gasteiger charge is 2.19. The predicted molar refractivity (Wildman–Crippen MR) is 106 cm³/mol. The number of nitrogens with zero attached hydrogens (tertiary/aromatic N) is 3. The van der Waals surface area contributed by atoms with Crippen LogP contribution in [-0.2, 0) is 6.54 Å². The maximum atomic E-state index is 13.1. The van der Waals surface area contributed by atoms with Gasteiger partial charge in [-0.25, -0.2) is 9.37 Å². The standard InChI is InChI=1S/C22H23FN4/c23-19-8-6-18(7-9-19)21-14-24-15-22(26-21)25-20-10-12-27(13-11-20)16-17-4-2-1-3-5-17/h1-9,14-15,20H,10-13,16H2,(H,25,26). The van der Waals surface area contributed by atoms with Crippen LogP contribution >= 0.6 is 0 Å². The summed E-state index contributed by atoms with van der Waals surface area (Å²) in [6.07, 6.45) is 5.62. The van der Waals surface area contributed by atoms with E-state index in [1.807, 2.05) is 0 Å². The zero-order chi connectivity index (χ0) is 18.5. The van der Waals surface area contributed by atoms with Crippen LogP contribution in [-0.4, -0.2) is 34.0 Å². The van der Waals surface area contributed by atoms with Gasteiger partial charge < -0.3 is 5.32 Å². The minimum Gasteiger partial charge on any atom is -0.366 e. The molecule has 138 valence electrons. The van der Waals surface area contributed by atoms with Crippen molar-refractivity contribution in [3.8, 4) is 11.3 Å². The molecule has 1 saturated heterocycles. The van der Waals surface area contributed by atoms with Gasteiger partial charge in [0, 0.05) is 31.2 Å². The molecule has 0 aliphatic carbocycles. The van der Waals surface area contributed by atoms with Crippen molar-refractivity contribution in [2.45, 2.75) is 25.4 Å². The Hall–Kier alpha value is -2.79. The van der Waals surface area contributed by atoms with Crippen molar-refractivity contribution < 1.29 is 4.39 Å². The molecule has 0 unspecified atom stereocenters. The Balaban J connectivity index is 1.34. The van der Waals surface area contributed by atoms with Gasteiger partial charge in [-0.05, 0) is 42.7 Å². The lowest BCUT2D eigenvalue weighted by atomic mass is 10.0. The first kappa shape index (κ1) is 17.6. The molecule has 1 aliphatic rings. The number of halogens is 1. The lowest BCUT2D eigenvalue weighted by molar-refractivity contribution is 0.211. The van der Waals surface area contributed by atoms with E-state index in [1.165, 1.54) is 17.7 Å². The number of piperidine rings is 1. The maximum absolute atomic E-state index is 13.1. The van der Waals surface area contributed by atoms with Crippen molar-refractivity contribution in [2.75, 3.05) is 18.4 Å². The molecule has 2 aromatic carbocycles. The lowest BCUT2D eigenvalue weighted by Gasteiger charge is -2.32. The molecule has 0 saturated carbocycles. The van der Waals surface area contributed by atoms with Gasteiger partial charge in [-0.15, -0.1) is 0 Å². The van der Waals surface area contributed by atoms with E-state index in [1.54, 1.807) is 24.5 Å². The molecule has 0 spiro atoms. The Morgan fingerprint density at radius 1 is 0.963 bits per heavy atom. The van der Waals surface area contributed by atoms with Crippen LogP contribution in [0.15, 0.2) is 67.0 Å². The molecular formula is C22H23FN4. The number of hydrogen-bond acceptors (Lipinski definition) is 4. The van der Waals surface area contributed by atoms with Crippen LogP contribution in [0.2, 0.25) is 0 Å². The van der Waals surface area contributed by atoms with Gasteiger partial charge in [-0.2, -0.15) is 0 Å². The molecule has 4 nitrogen and oxygen atoms in total. The average Bonchev–Trinajstić information content (AvgIpc) is 2.71. The molecule has 0 bridgehead atoms. The molecule has 27 heavy (non-hydrogen) atoms. The fourth-order valence-corrected chi connectivity index (χ4v) is 3.48. The zero-order valence-electron chi connectivity index (χ0n) is 15.2. The Labute approximate surface area is 159 Å². The van der Waals surface area contributed by atoms with E-state index in [-0.39, 0.29) is 5.82 Å². The number of benzene rings is 2. The molecule has 0 radical (unpaired) electrons. The smallest absolute Gasteiger partial charge is 0.145 e. The number of likely N-dealkylation sites (tertiary alicyclic amines) is 1. The third kappa shape index (κ3) is 4.68. The predicted octanol–water partition coefficient (Wildman–Crippen LogP) is 4.36. The third-order valence-corrected chi connectivity index (χ3v) is 4.96. The molecule has 1 fully saturated rings. The van der Waals surface area contributed by atoms with E-state index in [4.69, 9.17) is 0 Å². The summed E-state index contributed by atoms with van der Waals surface area (Å²) in [6.45, 7) is 3.14. The van der Waals surface area contributed by atoms with Gasteiger partial charge in [0.15, 0.2) is 0 Å². The first-order valence-electron chi connectivity index (χ1n) is 9.37. The van der Waals surface area contributed by atoms with Gasteiger partial charge in [0.25, 0.3) is 0 Å². The number of rotatable bonds is 5. The zero-order valence-corrected chi connectivity index (χ0v) is 15.2. The summed E-state index contributed by atoms with van der Waals surface area (Å²) >= 11 is 0. The fraction of sp³-hybridized carbons (Fsp3) is 0.273. The van der Waals surface area contributed by atoms with Crippen molar-refractivity contribution in [3.05, 3.63) is 78.4 Å². The van der Waals surface area contributed by atoms with Gasteiger partial charge >= 0.3 is 0 Å². The van der Waals surface area contributed by atoms with Crippen LogP contribution in [0.25, 0.3) is 11.3 Å². The highest BCUT2D eigenvalue weighted by molar-refractivity contribution is 5.59. The second-order valence-electron chi connectivity index (χ2n) is 6.98. The van der Waals surface area contributed by atoms with Crippen LogP contribution in [0, 0.1) is 5.82 Å². The lowest BCUT2D eigenvalue weighted by Crippen LogP contribution is -2.38. The fourth-order valence-electron chi connectivity index (χ4n) is 3.48. The van der Waals surface area contributed by atoms with Crippen molar-refractivity contribution in [1.82, 2.24) is 14.9 Å². The van der Waals surface area contributed by atoms with Crippen LogP contribution in [0.1, 0.15) is 18.4 Å². The molecule has 3 aromatic rings. The Bertz CT molecular complexity index is 859. The molecule has 2 heterocycles. The highest BCUT2D eigenvalue weighted by Crippen LogP contribution is 2.20. The van der Waals surface area contributed by atoms with Crippen molar-refractivity contribution in [2.24, 2.45) is 0 Å². The third-order valence-electron chi connectivity index (χ3n) is 4.96. The average molecular weight is 362 g/mol.